The summed E-state index contributed by atoms with van der Waals surface area (Å²) in [6.45, 7) is 6.84. The van der Waals surface area contributed by atoms with Crippen molar-refractivity contribution in [1.82, 2.24) is 57.8 Å². The number of amides is 10. The molecule has 0 radical (unpaired) electrons. The van der Waals surface area contributed by atoms with E-state index in [9.17, 15) is 62.6 Å². The molecule has 3 rings (SSSR count). The maximum Gasteiger partial charge on any atom is 0.305 e. The molecular formula is C51H77N13O14. The second-order valence-corrected chi connectivity index (χ2v) is 19.4. The highest BCUT2D eigenvalue weighted by molar-refractivity contribution is 5.99. The summed E-state index contributed by atoms with van der Waals surface area (Å²) in [5, 5.41) is 42.2. The van der Waals surface area contributed by atoms with Gasteiger partial charge >= 0.3 is 11.9 Å². The van der Waals surface area contributed by atoms with Crippen LogP contribution in [0.4, 0.5) is 0 Å². The molecule has 1 fully saturated rings. The normalized spacial score (nSPS) is 22.8. The van der Waals surface area contributed by atoms with Crippen molar-refractivity contribution in [1.29, 1.82) is 0 Å². The number of imidazole rings is 1. The second kappa shape index (κ2) is 33.2. The maximum atomic E-state index is 14.5. The SMILES string of the molecule is CCC(C)[C@H](NC(=O)CCCC(=O)O)C(=O)N[C@H]1CCCCNC(=O)[C@H](CC(N)=O)NC(=O)[C@@H](CC(=O)O)NC(=O)[C@H](Cc2cnc[nH]2)NC(=O)[C@@H](Cc2ccccc2)NC(=O)[C@H](C(C)CC)NC(=O)[C@@H](CCCN)NC1=O. The van der Waals surface area contributed by atoms with Crippen molar-refractivity contribution in [2.24, 2.45) is 23.3 Å². The fourth-order valence-corrected chi connectivity index (χ4v) is 8.26. The predicted octanol–water partition coefficient (Wildman–Crippen LogP) is -2.19. The van der Waals surface area contributed by atoms with Gasteiger partial charge in [0.15, 0.2) is 0 Å². The topological polar surface area (TPSA) is 434 Å². The average molecular weight is 1100 g/mol. The van der Waals surface area contributed by atoms with Gasteiger partial charge in [-0.3, -0.25) is 57.5 Å². The molecule has 430 valence electrons. The lowest BCUT2D eigenvalue weighted by molar-refractivity contribution is -0.142. The number of nitrogens with one attached hydrogen (secondary N) is 10. The fraction of sp³-hybridized carbons (Fsp3) is 0.588. The predicted molar refractivity (Wildman–Crippen MR) is 279 cm³/mol. The Labute approximate surface area is 451 Å². The summed E-state index contributed by atoms with van der Waals surface area (Å²) in [6.07, 6.45) is 0.896. The molecule has 0 bridgehead atoms. The van der Waals surface area contributed by atoms with Gasteiger partial charge in [-0.05, 0) is 62.5 Å². The average Bonchev–Trinajstić information content (AvgIpc) is 3.91. The van der Waals surface area contributed by atoms with Gasteiger partial charge in [-0.1, -0.05) is 70.9 Å². The Morgan fingerprint density at radius 1 is 0.692 bits per heavy atom. The van der Waals surface area contributed by atoms with E-state index in [2.05, 4.69) is 57.8 Å². The third kappa shape index (κ3) is 22.3. The number of nitrogens with two attached hydrogens (primary N) is 2. The minimum Gasteiger partial charge on any atom is -0.481 e. The third-order valence-corrected chi connectivity index (χ3v) is 13.2. The van der Waals surface area contributed by atoms with Crippen molar-refractivity contribution in [3.05, 3.63) is 54.1 Å². The number of rotatable bonds is 22. The molecule has 1 aliphatic heterocycles. The standard InChI is InChI=1S/C51H77N13O14/c1-5-28(3)42(63-39(66)18-12-19-40(67)68)50(77)58-32-16-10-11-21-55-44(71)36(24-38(53)65)60-49(76)37(25-41(69)70)61-48(75)35(23-31-26-54-27-56-31)59-47(74)34(22-30-14-8-7-9-15-30)62-51(78)43(29(4)6-2)64-46(73)33(17-13-20-52)57-45(32)72/h7-9,14-15,26-29,32-37,42-43H,5-6,10-13,16-25,52H2,1-4H3,(H2,53,65)(H,54,56)(H,55,71)(H,57,72)(H,58,77)(H,59,74)(H,60,76)(H,61,75)(H,62,78)(H,63,66)(H,64,73)(H,67,68)(H,69,70)/t28?,29?,32-,33+,34+,35-,36-,37+,42-,43-/m0/s1. The smallest absolute Gasteiger partial charge is 0.305 e. The first-order valence-electron chi connectivity index (χ1n) is 26.2. The summed E-state index contributed by atoms with van der Waals surface area (Å²) in [6, 6.07) is -3.39. The Kier molecular flexibility index (Phi) is 27.4. The van der Waals surface area contributed by atoms with E-state index in [0.717, 1.165) is 0 Å². The third-order valence-electron chi connectivity index (χ3n) is 13.2. The Hall–Kier alpha value is -7.97. The van der Waals surface area contributed by atoms with E-state index in [4.69, 9.17) is 16.6 Å². The van der Waals surface area contributed by atoms with Gasteiger partial charge < -0.3 is 74.5 Å². The largest absolute Gasteiger partial charge is 0.481 e. The maximum absolute atomic E-state index is 14.5. The zero-order chi connectivity index (χ0) is 57.9. The second-order valence-electron chi connectivity index (χ2n) is 19.4. The number of benzene rings is 1. The number of H-pyrrole nitrogens is 1. The minimum atomic E-state index is -1.90. The minimum absolute atomic E-state index is 0.000195. The highest BCUT2D eigenvalue weighted by Crippen LogP contribution is 2.15. The molecule has 1 aromatic heterocycles. The number of aromatic nitrogens is 2. The molecule has 27 nitrogen and oxygen atoms in total. The van der Waals surface area contributed by atoms with E-state index in [-0.39, 0.29) is 77.3 Å². The zero-order valence-corrected chi connectivity index (χ0v) is 44.5. The van der Waals surface area contributed by atoms with Gasteiger partial charge in [0.2, 0.25) is 59.1 Å². The summed E-state index contributed by atoms with van der Waals surface area (Å²) in [5.41, 5.74) is 12.2. The molecule has 0 saturated carbocycles. The highest BCUT2D eigenvalue weighted by atomic mass is 16.4. The molecular weight excluding hydrogens is 1020 g/mol. The number of primary amides is 1. The number of aromatic amines is 1. The van der Waals surface area contributed by atoms with Crippen LogP contribution in [0.25, 0.3) is 0 Å². The summed E-state index contributed by atoms with van der Waals surface area (Å²) in [4.78, 5) is 169. The molecule has 27 heteroatoms. The van der Waals surface area contributed by atoms with E-state index in [1.165, 1.54) is 12.5 Å². The van der Waals surface area contributed by atoms with Gasteiger partial charge in [0.1, 0.15) is 48.3 Å². The number of carbonyl (C=O) groups is 12. The van der Waals surface area contributed by atoms with Gasteiger partial charge in [0.25, 0.3) is 0 Å². The molecule has 1 saturated heterocycles. The van der Waals surface area contributed by atoms with Crippen LogP contribution in [0.3, 0.4) is 0 Å². The Morgan fingerprint density at radius 2 is 1.29 bits per heavy atom. The van der Waals surface area contributed by atoms with Gasteiger partial charge in [0, 0.05) is 44.1 Å². The van der Waals surface area contributed by atoms with Crippen molar-refractivity contribution >= 4 is 71.0 Å². The van der Waals surface area contributed by atoms with Crippen LogP contribution in [0.1, 0.15) is 116 Å². The first-order chi connectivity index (χ1) is 37.1. The molecule has 16 N–H and O–H groups in total. The number of hydrogen-bond acceptors (Lipinski definition) is 14. The molecule has 2 aromatic rings. The van der Waals surface area contributed by atoms with Crippen LogP contribution in [-0.4, -0.2) is 153 Å². The first-order valence-corrected chi connectivity index (χ1v) is 26.2. The zero-order valence-electron chi connectivity index (χ0n) is 44.5. The molecule has 1 aliphatic rings. The van der Waals surface area contributed by atoms with Crippen molar-refractivity contribution in [2.75, 3.05) is 13.1 Å². The lowest BCUT2D eigenvalue weighted by atomic mass is 9.96. The Bertz CT molecular complexity index is 2370. The van der Waals surface area contributed by atoms with E-state index < -0.39 is 144 Å². The number of aliphatic carboxylic acids is 2. The summed E-state index contributed by atoms with van der Waals surface area (Å²) >= 11 is 0. The van der Waals surface area contributed by atoms with Crippen LogP contribution in [0.15, 0.2) is 42.9 Å². The fourth-order valence-electron chi connectivity index (χ4n) is 8.26. The van der Waals surface area contributed by atoms with Gasteiger partial charge in [-0.25, -0.2) is 4.98 Å². The van der Waals surface area contributed by atoms with Crippen LogP contribution in [-0.2, 0) is 70.4 Å². The highest BCUT2D eigenvalue weighted by Gasteiger charge is 2.37. The summed E-state index contributed by atoms with van der Waals surface area (Å²) in [7, 11) is 0. The van der Waals surface area contributed by atoms with Crippen LogP contribution in [0, 0.1) is 11.8 Å². The van der Waals surface area contributed by atoms with Crippen LogP contribution < -0.4 is 59.3 Å². The molecule has 0 aliphatic carbocycles. The number of carboxylic acid groups (broad SMARTS) is 2. The molecule has 1 aromatic carbocycles. The Morgan fingerprint density at radius 3 is 1.88 bits per heavy atom. The van der Waals surface area contributed by atoms with Gasteiger partial charge in [-0.2, -0.15) is 0 Å². The van der Waals surface area contributed by atoms with Crippen molar-refractivity contribution in [2.45, 2.75) is 166 Å². The molecule has 10 atom stereocenters. The molecule has 2 unspecified atom stereocenters. The van der Waals surface area contributed by atoms with Crippen LogP contribution in [0.5, 0.6) is 0 Å². The monoisotopic (exact) mass is 1100 g/mol. The number of hydrogen-bond donors (Lipinski definition) is 14. The summed E-state index contributed by atoms with van der Waals surface area (Å²) in [5.74, 6) is -12.8. The molecule has 10 amide bonds. The lowest BCUT2D eigenvalue weighted by Crippen LogP contribution is -2.62. The molecule has 2 heterocycles. The lowest BCUT2D eigenvalue weighted by Gasteiger charge is -2.30. The van der Waals surface area contributed by atoms with Crippen LogP contribution in [0.2, 0.25) is 0 Å². The van der Waals surface area contributed by atoms with E-state index in [0.29, 0.717) is 24.1 Å². The Balaban J connectivity index is 2.17. The first kappa shape index (κ1) is 64.3. The van der Waals surface area contributed by atoms with Crippen LogP contribution >= 0.6 is 0 Å². The molecule has 0 spiro atoms. The van der Waals surface area contributed by atoms with Gasteiger partial charge in [0.05, 0.1) is 19.2 Å². The van der Waals surface area contributed by atoms with E-state index in [1.54, 1.807) is 58.0 Å². The van der Waals surface area contributed by atoms with Crippen molar-refractivity contribution in [3.63, 3.8) is 0 Å². The van der Waals surface area contributed by atoms with Crippen molar-refractivity contribution in [3.8, 4) is 0 Å². The van der Waals surface area contributed by atoms with E-state index >= 15 is 0 Å². The van der Waals surface area contributed by atoms with Crippen molar-refractivity contribution < 1.29 is 67.7 Å². The van der Waals surface area contributed by atoms with E-state index in [1.807, 2.05) is 0 Å². The molecule has 78 heavy (non-hydrogen) atoms. The number of carbonyl (C=O) groups excluding carboxylic acids is 10. The van der Waals surface area contributed by atoms with Gasteiger partial charge in [-0.15, -0.1) is 0 Å². The number of carboxylic acids is 2. The summed E-state index contributed by atoms with van der Waals surface area (Å²) < 4.78 is 0. The quantitative estimate of drug-likeness (QED) is 0.0596. The number of nitrogens with zero attached hydrogens (tertiary/aromatic N) is 1.